The van der Waals surface area contributed by atoms with Gasteiger partial charge in [-0.1, -0.05) is 0 Å². The van der Waals surface area contributed by atoms with Crippen LogP contribution in [0.5, 0.6) is 0 Å². The molecule has 2 aromatic heterocycles. The van der Waals surface area contributed by atoms with Crippen molar-refractivity contribution < 1.29 is 9.90 Å². The molecule has 2 rings (SSSR count). The molecule has 66 valence electrons. The molecule has 6 heteroatoms. The molecular weight excluding hydrogens is 194 g/mol. The van der Waals surface area contributed by atoms with Crippen LogP contribution in [0.2, 0.25) is 5.28 Å². The number of hydrogen-bond acceptors (Lipinski definition) is 3. The van der Waals surface area contributed by atoms with E-state index in [4.69, 9.17) is 16.7 Å². The van der Waals surface area contributed by atoms with Gasteiger partial charge in [0.25, 0.3) is 0 Å². The molecule has 0 saturated carbocycles. The number of imidazole rings is 1. The Labute approximate surface area is 77.6 Å². The van der Waals surface area contributed by atoms with Crippen molar-refractivity contribution in [3.63, 3.8) is 0 Å². The zero-order valence-corrected chi connectivity index (χ0v) is 7.06. The van der Waals surface area contributed by atoms with E-state index in [2.05, 4.69) is 9.97 Å². The standard InChI is InChI=1S/C7H4ClN3O2/c8-7-10-5(6(12)13)1-4-2-9-3-11(4)7/h1-3H,(H,12,13). The van der Waals surface area contributed by atoms with E-state index in [1.54, 1.807) is 0 Å². The van der Waals surface area contributed by atoms with Crippen molar-refractivity contribution in [2.45, 2.75) is 0 Å². The number of carboxylic acids is 1. The Hall–Kier alpha value is -1.62. The monoisotopic (exact) mass is 197 g/mol. The zero-order valence-electron chi connectivity index (χ0n) is 6.31. The van der Waals surface area contributed by atoms with Crippen LogP contribution < -0.4 is 0 Å². The maximum atomic E-state index is 10.6. The second kappa shape index (κ2) is 2.70. The first kappa shape index (κ1) is 8.00. The molecule has 0 aliphatic rings. The van der Waals surface area contributed by atoms with Crippen LogP contribution in [0.4, 0.5) is 0 Å². The van der Waals surface area contributed by atoms with E-state index in [9.17, 15) is 4.79 Å². The topological polar surface area (TPSA) is 67.5 Å². The minimum atomic E-state index is -1.11. The highest BCUT2D eigenvalue weighted by molar-refractivity contribution is 6.28. The van der Waals surface area contributed by atoms with Gasteiger partial charge in [-0.15, -0.1) is 0 Å². The van der Waals surface area contributed by atoms with Crippen LogP contribution in [0.15, 0.2) is 18.6 Å². The number of fused-ring (bicyclic) bond motifs is 1. The highest BCUT2D eigenvalue weighted by Crippen LogP contribution is 2.11. The Balaban J connectivity index is 2.77. The van der Waals surface area contributed by atoms with Gasteiger partial charge in [-0.25, -0.2) is 14.8 Å². The molecular formula is C7H4ClN3O2. The SMILES string of the molecule is O=C(O)c1cc2cncn2c(Cl)n1. The second-order valence-corrected chi connectivity index (χ2v) is 2.74. The van der Waals surface area contributed by atoms with Crippen molar-refractivity contribution in [3.05, 3.63) is 29.6 Å². The summed E-state index contributed by atoms with van der Waals surface area (Å²) in [5.41, 5.74) is 0.524. The summed E-state index contributed by atoms with van der Waals surface area (Å²) in [5.74, 6) is -1.11. The lowest BCUT2D eigenvalue weighted by atomic mass is 10.4. The quantitative estimate of drug-likeness (QED) is 0.695. The van der Waals surface area contributed by atoms with Crippen LogP contribution >= 0.6 is 11.6 Å². The van der Waals surface area contributed by atoms with Gasteiger partial charge in [0.15, 0.2) is 5.69 Å². The molecule has 2 heterocycles. The maximum Gasteiger partial charge on any atom is 0.354 e. The molecule has 0 aromatic carbocycles. The first-order valence-corrected chi connectivity index (χ1v) is 3.78. The number of rotatable bonds is 1. The van der Waals surface area contributed by atoms with Crippen LogP contribution in [-0.4, -0.2) is 25.4 Å². The highest BCUT2D eigenvalue weighted by Gasteiger charge is 2.08. The second-order valence-electron chi connectivity index (χ2n) is 2.40. The molecule has 0 aliphatic carbocycles. The van der Waals surface area contributed by atoms with Crippen LogP contribution in [-0.2, 0) is 0 Å². The minimum Gasteiger partial charge on any atom is -0.477 e. The summed E-state index contributed by atoms with van der Waals surface area (Å²) in [7, 11) is 0. The van der Waals surface area contributed by atoms with Crippen LogP contribution in [0.3, 0.4) is 0 Å². The van der Waals surface area contributed by atoms with Crippen molar-refractivity contribution in [2.75, 3.05) is 0 Å². The van der Waals surface area contributed by atoms with Gasteiger partial charge in [-0.05, 0) is 17.7 Å². The van der Waals surface area contributed by atoms with Gasteiger partial charge in [-0.2, -0.15) is 0 Å². The van der Waals surface area contributed by atoms with E-state index >= 15 is 0 Å². The third kappa shape index (κ3) is 1.23. The lowest BCUT2D eigenvalue weighted by molar-refractivity contribution is 0.0690. The fraction of sp³-hybridized carbons (Fsp3) is 0. The fourth-order valence-corrected chi connectivity index (χ4v) is 1.23. The van der Waals surface area contributed by atoms with E-state index in [1.807, 2.05) is 0 Å². The zero-order chi connectivity index (χ0) is 9.42. The van der Waals surface area contributed by atoms with Crippen LogP contribution in [0, 0.1) is 0 Å². The fourth-order valence-electron chi connectivity index (χ4n) is 1.00. The lowest BCUT2D eigenvalue weighted by Crippen LogP contribution is -2.02. The lowest BCUT2D eigenvalue weighted by Gasteiger charge is -1.98. The molecule has 0 radical (unpaired) electrons. The predicted octanol–water partition coefficient (Wildman–Crippen LogP) is 1.08. The average Bonchev–Trinajstić information content (AvgIpc) is 2.51. The summed E-state index contributed by atoms with van der Waals surface area (Å²) in [6.45, 7) is 0. The molecule has 1 N–H and O–H groups in total. The molecule has 0 saturated heterocycles. The van der Waals surface area contributed by atoms with Crippen molar-refractivity contribution >= 4 is 23.1 Å². The maximum absolute atomic E-state index is 10.6. The number of aromatic carboxylic acids is 1. The molecule has 0 amide bonds. The smallest absolute Gasteiger partial charge is 0.354 e. The van der Waals surface area contributed by atoms with E-state index in [0.29, 0.717) is 5.52 Å². The van der Waals surface area contributed by atoms with E-state index in [0.717, 1.165) is 0 Å². The molecule has 0 aliphatic heterocycles. The van der Waals surface area contributed by atoms with E-state index in [-0.39, 0.29) is 11.0 Å². The number of hydrogen-bond donors (Lipinski definition) is 1. The summed E-state index contributed by atoms with van der Waals surface area (Å²) in [4.78, 5) is 18.0. The Morgan fingerprint density at radius 2 is 2.38 bits per heavy atom. The van der Waals surface area contributed by atoms with Gasteiger partial charge in [0.05, 0.1) is 11.7 Å². The normalized spacial score (nSPS) is 10.5. The first-order chi connectivity index (χ1) is 6.18. The third-order valence-corrected chi connectivity index (χ3v) is 1.85. The summed E-state index contributed by atoms with van der Waals surface area (Å²) >= 11 is 5.70. The number of aromatic nitrogens is 3. The summed E-state index contributed by atoms with van der Waals surface area (Å²) < 4.78 is 1.49. The van der Waals surface area contributed by atoms with Gasteiger partial charge in [-0.3, -0.25) is 4.40 Å². The van der Waals surface area contributed by atoms with E-state index in [1.165, 1.54) is 23.0 Å². The highest BCUT2D eigenvalue weighted by atomic mass is 35.5. The number of halogens is 1. The van der Waals surface area contributed by atoms with Crippen molar-refractivity contribution in [1.82, 2.24) is 14.4 Å². The summed E-state index contributed by atoms with van der Waals surface area (Å²) in [6.07, 6.45) is 2.98. The molecule has 0 fully saturated rings. The van der Waals surface area contributed by atoms with Crippen molar-refractivity contribution in [2.24, 2.45) is 0 Å². The van der Waals surface area contributed by atoms with Crippen LogP contribution in [0.1, 0.15) is 10.5 Å². The van der Waals surface area contributed by atoms with Crippen LogP contribution in [0.25, 0.3) is 5.52 Å². The van der Waals surface area contributed by atoms with Gasteiger partial charge in [0, 0.05) is 0 Å². The van der Waals surface area contributed by atoms with E-state index < -0.39 is 5.97 Å². The Bertz CT molecular complexity index is 480. The molecule has 2 aromatic rings. The van der Waals surface area contributed by atoms with Gasteiger partial charge in [0.2, 0.25) is 5.28 Å². The Morgan fingerprint density at radius 1 is 1.62 bits per heavy atom. The molecule has 5 nitrogen and oxygen atoms in total. The number of nitrogens with zero attached hydrogens (tertiary/aromatic N) is 3. The van der Waals surface area contributed by atoms with Crippen molar-refractivity contribution in [1.29, 1.82) is 0 Å². The number of carbonyl (C=O) groups is 1. The molecule has 0 unspecified atom stereocenters. The average molecular weight is 198 g/mol. The first-order valence-electron chi connectivity index (χ1n) is 3.40. The van der Waals surface area contributed by atoms with Gasteiger partial charge >= 0.3 is 5.97 Å². The van der Waals surface area contributed by atoms with Gasteiger partial charge < -0.3 is 5.11 Å². The number of carboxylic acid groups (broad SMARTS) is 1. The Kier molecular flexibility index (Phi) is 1.66. The van der Waals surface area contributed by atoms with Crippen molar-refractivity contribution in [3.8, 4) is 0 Å². The molecule has 0 bridgehead atoms. The van der Waals surface area contributed by atoms with Gasteiger partial charge in [0.1, 0.15) is 6.33 Å². The molecule has 0 atom stereocenters. The largest absolute Gasteiger partial charge is 0.477 e. The summed E-state index contributed by atoms with van der Waals surface area (Å²) in [5, 5.41) is 8.75. The Morgan fingerprint density at radius 3 is 3.08 bits per heavy atom. The summed E-state index contributed by atoms with van der Waals surface area (Å²) in [6, 6.07) is 1.40. The molecule has 13 heavy (non-hydrogen) atoms. The third-order valence-electron chi connectivity index (χ3n) is 1.58. The predicted molar refractivity (Wildman–Crippen MR) is 45.0 cm³/mol. The molecule has 0 spiro atoms. The minimum absolute atomic E-state index is 0.0852.